The number of carbonyl (C=O) groups is 1. The smallest absolute Gasteiger partial charge is 0.305 e. The number of nitrogens with one attached hydrogen (secondary N) is 1. The first-order valence-electron chi connectivity index (χ1n) is 10.5. The molecule has 0 radical (unpaired) electrons. The highest BCUT2D eigenvalue weighted by Crippen LogP contribution is 2.38. The van der Waals surface area contributed by atoms with E-state index in [2.05, 4.69) is 35.6 Å². The third-order valence-electron chi connectivity index (χ3n) is 6.24. The number of benzene rings is 2. The Labute approximate surface area is 172 Å². The Kier molecular flexibility index (Phi) is 6.05. The molecule has 154 valence electrons. The molecular formula is C24H29NO4. The maximum Gasteiger partial charge on any atom is 0.305 e. The second-order valence-electron chi connectivity index (χ2n) is 8.13. The van der Waals surface area contributed by atoms with Crippen LogP contribution in [0.4, 0.5) is 5.69 Å². The first kappa shape index (κ1) is 19.8. The lowest BCUT2D eigenvalue weighted by Crippen LogP contribution is -2.33. The maximum absolute atomic E-state index is 11.5. The number of carbonyl (C=O) groups excluding carboxylic acids is 1. The minimum absolute atomic E-state index is 0.00718. The molecule has 2 N–H and O–H groups in total. The molecular weight excluding hydrogens is 366 g/mol. The van der Waals surface area contributed by atoms with Gasteiger partial charge in [-0.25, -0.2) is 0 Å². The standard InChI is InChI=1S/C24H29NO4/c1-28-24(27)12-16-2-4-17(5-3-16)18-6-8-19(9-7-18)20-10-11-22-23(13-20)29-21(15-26)14-25-22/h6-11,13,16-17,21,25-26H,2-5,12,14-15H2,1H3. The molecule has 5 heteroatoms. The second kappa shape index (κ2) is 8.87. The fourth-order valence-corrected chi connectivity index (χ4v) is 4.46. The van der Waals surface area contributed by atoms with E-state index in [1.807, 2.05) is 12.1 Å². The lowest BCUT2D eigenvalue weighted by atomic mass is 9.77. The van der Waals surface area contributed by atoms with Crippen LogP contribution in [0.15, 0.2) is 42.5 Å². The monoisotopic (exact) mass is 395 g/mol. The van der Waals surface area contributed by atoms with E-state index in [9.17, 15) is 9.90 Å². The van der Waals surface area contributed by atoms with Crippen molar-refractivity contribution in [3.8, 4) is 16.9 Å². The molecule has 0 aromatic heterocycles. The number of hydrogen-bond acceptors (Lipinski definition) is 5. The summed E-state index contributed by atoms with van der Waals surface area (Å²) < 4.78 is 10.7. The number of ether oxygens (including phenoxy) is 2. The predicted molar refractivity (Wildman–Crippen MR) is 113 cm³/mol. The van der Waals surface area contributed by atoms with Gasteiger partial charge in [0.2, 0.25) is 0 Å². The lowest BCUT2D eigenvalue weighted by molar-refractivity contribution is -0.142. The minimum atomic E-state index is -0.200. The number of methoxy groups -OCH3 is 1. The van der Waals surface area contributed by atoms with Crippen LogP contribution in [0, 0.1) is 5.92 Å². The summed E-state index contributed by atoms with van der Waals surface area (Å²) in [7, 11) is 1.46. The Morgan fingerprint density at radius 3 is 2.52 bits per heavy atom. The van der Waals surface area contributed by atoms with Gasteiger partial charge in [-0.05, 0) is 66.3 Å². The van der Waals surface area contributed by atoms with Crippen molar-refractivity contribution < 1.29 is 19.4 Å². The van der Waals surface area contributed by atoms with E-state index in [1.54, 1.807) is 0 Å². The second-order valence-corrected chi connectivity index (χ2v) is 8.13. The van der Waals surface area contributed by atoms with Crippen molar-refractivity contribution in [2.24, 2.45) is 5.92 Å². The van der Waals surface area contributed by atoms with Crippen molar-refractivity contribution in [1.29, 1.82) is 0 Å². The molecule has 4 rings (SSSR count). The summed E-state index contributed by atoms with van der Waals surface area (Å²) in [6.45, 7) is 0.632. The molecule has 0 bridgehead atoms. The number of hydrogen-bond donors (Lipinski definition) is 2. The van der Waals surface area contributed by atoms with Crippen molar-refractivity contribution >= 4 is 11.7 Å². The third kappa shape index (κ3) is 4.56. The van der Waals surface area contributed by atoms with E-state index < -0.39 is 0 Å². The molecule has 1 aliphatic heterocycles. The minimum Gasteiger partial charge on any atom is -0.484 e. The number of esters is 1. The first-order valence-corrected chi connectivity index (χ1v) is 10.5. The highest BCUT2D eigenvalue weighted by molar-refractivity contribution is 5.72. The molecule has 0 spiro atoms. The molecule has 1 aliphatic carbocycles. The van der Waals surface area contributed by atoms with Gasteiger partial charge < -0.3 is 19.9 Å². The van der Waals surface area contributed by atoms with Crippen molar-refractivity contribution in [2.45, 2.75) is 44.1 Å². The van der Waals surface area contributed by atoms with E-state index in [4.69, 9.17) is 9.47 Å². The van der Waals surface area contributed by atoms with E-state index >= 15 is 0 Å². The topological polar surface area (TPSA) is 67.8 Å². The summed E-state index contributed by atoms with van der Waals surface area (Å²) in [5.41, 5.74) is 4.61. The number of fused-ring (bicyclic) bond motifs is 1. The van der Waals surface area contributed by atoms with Crippen LogP contribution in [0.3, 0.4) is 0 Å². The molecule has 1 unspecified atom stereocenters. The zero-order valence-electron chi connectivity index (χ0n) is 16.9. The van der Waals surface area contributed by atoms with Gasteiger partial charge in [0.05, 0.1) is 25.9 Å². The van der Waals surface area contributed by atoms with Gasteiger partial charge >= 0.3 is 5.97 Å². The summed E-state index contributed by atoms with van der Waals surface area (Å²) >= 11 is 0. The molecule has 2 aromatic carbocycles. The van der Waals surface area contributed by atoms with Crippen molar-refractivity contribution in [3.05, 3.63) is 48.0 Å². The molecule has 1 fully saturated rings. The number of aliphatic hydroxyl groups is 1. The van der Waals surface area contributed by atoms with E-state index in [1.165, 1.54) is 12.7 Å². The molecule has 1 heterocycles. The normalized spacial score (nSPS) is 23.4. The Hall–Kier alpha value is -2.53. The molecule has 1 saturated carbocycles. The zero-order chi connectivity index (χ0) is 20.2. The highest BCUT2D eigenvalue weighted by Gasteiger charge is 2.24. The van der Waals surface area contributed by atoms with E-state index in [-0.39, 0.29) is 18.7 Å². The van der Waals surface area contributed by atoms with Crippen molar-refractivity contribution in [3.63, 3.8) is 0 Å². The molecule has 5 nitrogen and oxygen atoms in total. The van der Waals surface area contributed by atoms with Crippen LogP contribution >= 0.6 is 0 Å². The average Bonchev–Trinajstić information content (AvgIpc) is 2.79. The molecule has 0 saturated heterocycles. The Morgan fingerprint density at radius 2 is 1.83 bits per heavy atom. The third-order valence-corrected chi connectivity index (χ3v) is 6.24. The fraction of sp³-hybridized carbons (Fsp3) is 0.458. The SMILES string of the molecule is COC(=O)CC1CCC(c2ccc(-c3ccc4c(c3)OC(CO)CN4)cc2)CC1. The quantitative estimate of drug-likeness (QED) is 0.737. The largest absolute Gasteiger partial charge is 0.484 e. The summed E-state index contributed by atoms with van der Waals surface area (Å²) in [6.07, 6.45) is 4.78. The van der Waals surface area contributed by atoms with Gasteiger partial charge in [-0.15, -0.1) is 0 Å². The maximum atomic E-state index is 11.5. The van der Waals surface area contributed by atoms with Crippen molar-refractivity contribution in [1.82, 2.24) is 0 Å². The predicted octanol–water partition coefficient (Wildman–Crippen LogP) is 4.36. The van der Waals surface area contributed by atoms with Crippen LogP contribution in [0.5, 0.6) is 5.75 Å². The number of anilines is 1. The molecule has 1 atom stereocenters. The molecule has 0 amide bonds. The number of rotatable bonds is 5. The summed E-state index contributed by atoms with van der Waals surface area (Å²) in [4.78, 5) is 11.5. The summed E-state index contributed by atoms with van der Waals surface area (Å²) in [5, 5.41) is 12.6. The van der Waals surface area contributed by atoms with Crippen LogP contribution in [0.25, 0.3) is 11.1 Å². The average molecular weight is 395 g/mol. The summed E-state index contributed by atoms with van der Waals surface area (Å²) in [6, 6.07) is 15.0. The van der Waals surface area contributed by atoms with Crippen molar-refractivity contribution in [2.75, 3.05) is 25.6 Å². The fourth-order valence-electron chi connectivity index (χ4n) is 4.46. The van der Waals surface area contributed by atoms with Gasteiger partial charge in [0.1, 0.15) is 11.9 Å². The Balaban J connectivity index is 1.41. The highest BCUT2D eigenvalue weighted by atomic mass is 16.5. The van der Waals surface area contributed by atoms with Gasteiger partial charge in [0, 0.05) is 6.42 Å². The van der Waals surface area contributed by atoms with Gasteiger partial charge in [-0.2, -0.15) is 0 Å². The zero-order valence-corrected chi connectivity index (χ0v) is 16.9. The first-order chi connectivity index (χ1) is 14.2. The van der Waals surface area contributed by atoms with Gasteiger partial charge in [-0.3, -0.25) is 4.79 Å². The van der Waals surface area contributed by atoms with Crippen LogP contribution < -0.4 is 10.1 Å². The summed E-state index contributed by atoms with van der Waals surface area (Å²) in [5.74, 6) is 1.73. The lowest BCUT2D eigenvalue weighted by Gasteiger charge is -2.28. The van der Waals surface area contributed by atoms with Crippen LogP contribution in [-0.2, 0) is 9.53 Å². The Morgan fingerprint density at radius 1 is 1.10 bits per heavy atom. The van der Waals surface area contributed by atoms with Crippen LogP contribution in [-0.4, -0.2) is 37.4 Å². The molecule has 2 aromatic rings. The molecule has 2 aliphatic rings. The van der Waals surface area contributed by atoms with Crippen LogP contribution in [0.1, 0.15) is 43.6 Å². The number of aliphatic hydroxyl groups excluding tert-OH is 1. The van der Waals surface area contributed by atoms with Gasteiger partial charge in [0.15, 0.2) is 0 Å². The van der Waals surface area contributed by atoms with Gasteiger partial charge in [0.25, 0.3) is 0 Å². The van der Waals surface area contributed by atoms with Crippen LogP contribution in [0.2, 0.25) is 0 Å². The van der Waals surface area contributed by atoms with E-state index in [0.717, 1.165) is 48.2 Å². The Bertz CT molecular complexity index is 840. The molecule has 29 heavy (non-hydrogen) atoms. The van der Waals surface area contributed by atoms with Gasteiger partial charge in [-0.1, -0.05) is 30.3 Å². The van der Waals surface area contributed by atoms with E-state index in [0.29, 0.717) is 24.8 Å².